The minimum Gasteiger partial charge on any atom is -0.478 e. The number of benzene rings is 1. The molecule has 0 unspecified atom stereocenters. The summed E-state index contributed by atoms with van der Waals surface area (Å²) >= 11 is 0. The van der Waals surface area contributed by atoms with E-state index in [2.05, 4.69) is 40.6 Å². The zero-order valence-electron chi connectivity index (χ0n) is 12.3. The van der Waals surface area contributed by atoms with Crippen LogP contribution in [0.4, 0.5) is 0 Å². The Labute approximate surface area is 126 Å². The molecular weight excluding hydrogens is 260 g/mol. The molecular formula is C18H22N2O. The van der Waals surface area contributed by atoms with E-state index in [1.165, 1.54) is 24.0 Å². The Bertz CT molecular complexity index is 535. The van der Waals surface area contributed by atoms with E-state index in [-0.39, 0.29) is 0 Å². The minimum atomic E-state index is 0.710. The molecule has 0 saturated heterocycles. The van der Waals surface area contributed by atoms with Crippen LogP contribution in [0, 0.1) is 0 Å². The monoisotopic (exact) mass is 282 g/mol. The first-order valence-electron chi connectivity index (χ1n) is 7.75. The first-order valence-corrected chi connectivity index (χ1v) is 7.75. The number of rotatable bonds is 8. The SMILES string of the molecule is c1ccc(CCCOc2ccc(CNC3CC3)cn2)cc1. The summed E-state index contributed by atoms with van der Waals surface area (Å²) in [6.07, 6.45) is 6.59. The quantitative estimate of drug-likeness (QED) is 0.754. The van der Waals surface area contributed by atoms with Gasteiger partial charge in [0.05, 0.1) is 6.61 Å². The van der Waals surface area contributed by atoms with Gasteiger partial charge >= 0.3 is 0 Å². The summed E-state index contributed by atoms with van der Waals surface area (Å²) in [5.74, 6) is 0.721. The number of hydrogen-bond acceptors (Lipinski definition) is 3. The third kappa shape index (κ3) is 4.87. The molecule has 1 aromatic carbocycles. The zero-order valence-corrected chi connectivity index (χ0v) is 12.3. The molecule has 1 heterocycles. The maximum atomic E-state index is 5.69. The Morgan fingerprint density at radius 1 is 1.05 bits per heavy atom. The molecule has 3 rings (SSSR count). The van der Waals surface area contributed by atoms with E-state index in [4.69, 9.17) is 4.74 Å². The third-order valence-electron chi connectivity index (χ3n) is 3.67. The van der Waals surface area contributed by atoms with Gasteiger partial charge in [-0.25, -0.2) is 4.98 Å². The van der Waals surface area contributed by atoms with Gasteiger partial charge in [0, 0.05) is 24.8 Å². The van der Waals surface area contributed by atoms with E-state index in [0.717, 1.165) is 31.3 Å². The lowest BCUT2D eigenvalue weighted by molar-refractivity contribution is 0.299. The van der Waals surface area contributed by atoms with Crippen molar-refractivity contribution in [3.05, 3.63) is 59.8 Å². The van der Waals surface area contributed by atoms with E-state index in [0.29, 0.717) is 6.61 Å². The van der Waals surface area contributed by atoms with Crippen LogP contribution in [0.2, 0.25) is 0 Å². The van der Waals surface area contributed by atoms with Crippen LogP contribution in [0.5, 0.6) is 5.88 Å². The van der Waals surface area contributed by atoms with Gasteiger partial charge < -0.3 is 10.1 Å². The van der Waals surface area contributed by atoms with Crippen molar-refractivity contribution in [2.45, 2.75) is 38.3 Å². The molecule has 1 saturated carbocycles. The summed E-state index contributed by atoms with van der Waals surface area (Å²) in [5.41, 5.74) is 2.58. The summed E-state index contributed by atoms with van der Waals surface area (Å²) in [4.78, 5) is 4.36. The molecule has 0 atom stereocenters. The van der Waals surface area contributed by atoms with Crippen molar-refractivity contribution in [1.29, 1.82) is 0 Å². The van der Waals surface area contributed by atoms with E-state index < -0.39 is 0 Å². The largest absolute Gasteiger partial charge is 0.478 e. The lowest BCUT2D eigenvalue weighted by Gasteiger charge is -2.07. The fourth-order valence-electron chi connectivity index (χ4n) is 2.25. The average Bonchev–Trinajstić information content (AvgIpc) is 3.36. The Morgan fingerprint density at radius 3 is 2.62 bits per heavy atom. The summed E-state index contributed by atoms with van der Waals surface area (Å²) in [6.45, 7) is 1.62. The van der Waals surface area contributed by atoms with Crippen molar-refractivity contribution in [1.82, 2.24) is 10.3 Å². The standard InChI is InChI=1S/C18H22N2O/c1-2-5-15(6-3-1)7-4-12-21-18-11-8-16(14-20-18)13-19-17-9-10-17/h1-3,5-6,8,11,14,17,19H,4,7,9-10,12-13H2. The topological polar surface area (TPSA) is 34.1 Å². The number of nitrogens with one attached hydrogen (secondary N) is 1. The highest BCUT2D eigenvalue weighted by atomic mass is 16.5. The molecule has 0 amide bonds. The van der Waals surface area contributed by atoms with Crippen molar-refractivity contribution in [3.63, 3.8) is 0 Å². The maximum Gasteiger partial charge on any atom is 0.213 e. The van der Waals surface area contributed by atoms with Crippen LogP contribution in [-0.2, 0) is 13.0 Å². The molecule has 0 bridgehead atoms. The maximum absolute atomic E-state index is 5.69. The average molecular weight is 282 g/mol. The van der Waals surface area contributed by atoms with Gasteiger partial charge in [-0.2, -0.15) is 0 Å². The van der Waals surface area contributed by atoms with Crippen LogP contribution in [0.3, 0.4) is 0 Å². The van der Waals surface area contributed by atoms with Gasteiger partial charge in [0.15, 0.2) is 0 Å². The predicted octanol–water partition coefficient (Wildman–Crippen LogP) is 3.35. The highest BCUT2D eigenvalue weighted by molar-refractivity contribution is 5.18. The van der Waals surface area contributed by atoms with Crippen LogP contribution >= 0.6 is 0 Å². The van der Waals surface area contributed by atoms with Crippen LogP contribution in [0.15, 0.2) is 48.7 Å². The van der Waals surface area contributed by atoms with Gasteiger partial charge in [0.25, 0.3) is 0 Å². The lowest BCUT2D eigenvalue weighted by Crippen LogP contribution is -2.15. The van der Waals surface area contributed by atoms with E-state index in [1.54, 1.807) is 0 Å². The number of hydrogen-bond donors (Lipinski definition) is 1. The molecule has 2 aromatic rings. The first-order chi connectivity index (χ1) is 10.4. The first kappa shape index (κ1) is 14.1. The molecule has 0 radical (unpaired) electrons. The number of pyridine rings is 1. The van der Waals surface area contributed by atoms with Gasteiger partial charge in [-0.15, -0.1) is 0 Å². The number of nitrogens with zero attached hydrogens (tertiary/aromatic N) is 1. The number of aromatic nitrogens is 1. The fourth-order valence-corrected chi connectivity index (χ4v) is 2.25. The molecule has 1 aromatic heterocycles. The van der Waals surface area contributed by atoms with E-state index in [1.807, 2.05) is 18.3 Å². The van der Waals surface area contributed by atoms with Crippen LogP contribution in [0.25, 0.3) is 0 Å². The smallest absolute Gasteiger partial charge is 0.213 e. The number of aryl methyl sites for hydroxylation is 1. The molecule has 110 valence electrons. The van der Waals surface area contributed by atoms with Crippen LogP contribution < -0.4 is 10.1 Å². The normalized spacial score (nSPS) is 14.1. The van der Waals surface area contributed by atoms with Gasteiger partial charge in [-0.05, 0) is 36.8 Å². The van der Waals surface area contributed by atoms with Gasteiger partial charge in [-0.3, -0.25) is 0 Å². The molecule has 1 N–H and O–H groups in total. The summed E-state index contributed by atoms with van der Waals surface area (Å²) < 4.78 is 5.69. The molecule has 0 spiro atoms. The summed E-state index contributed by atoms with van der Waals surface area (Å²) in [6, 6.07) is 15.3. The van der Waals surface area contributed by atoms with Crippen molar-refractivity contribution >= 4 is 0 Å². The second-order valence-corrected chi connectivity index (χ2v) is 5.60. The van der Waals surface area contributed by atoms with Gasteiger partial charge in [0.1, 0.15) is 0 Å². The number of ether oxygens (including phenoxy) is 1. The Hall–Kier alpha value is -1.87. The van der Waals surface area contributed by atoms with Crippen molar-refractivity contribution < 1.29 is 4.74 Å². The molecule has 3 heteroatoms. The van der Waals surface area contributed by atoms with Crippen LogP contribution in [-0.4, -0.2) is 17.6 Å². The van der Waals surface area contributed by atoms with Gasteiger partial charge in [0.2, 0.25) is 5.88 Å². The van der Waals surface area contributed by atoms with Crippen LogP contribution in [0.1, 0.15) is 30.4 Å². The second-order valence-electron chi connectivity index (χ2n) is 5.60. The predicted molar refractivity (Wildman–Crippen MR) is 84.4 cm³/mol. The summed E-state index contributed by atoms with van der Waals surface area (Å²) in [5, 5.41) is 3.48. The van der Waals surface area contributed by atoms with E-state index >= 15 is 0 Å². The second kappa shape index (κ2) is 7.23. The van der Waals surface area contributed by atoms with Crippen molar-refractivity contribution in [2.75, 3.05) is 6.61 Å². The highest BCUT2D eigenvalue weighted by Gasteiger charge is 2.19. The summed E-state index contributed by atoms with van der Waals surface area (Å²) in [7, 11) is 0. The van der Waals surface area contributed by atoms with Crippen molar-refractivity contribution in [2.24, 2.45) is 0 Å². The highest BCUT2D eigenvalue weighted by Crippen LogP contribution is 2.19. The fraction of sp³-hybridized carbons (Fsp3) is 0.389. The molecule has 3 nitrogen and oxygen atoms in total. The zero-order chi connectivity index (χ0) is 14.3. The Morgan fingerprint density at radius 2 is 1.90 bits per heavy atom. The van der Waals surface area contributed by atoms with E-state index in [9.17, 15) is 0 Å². The molecule has 0 aliphatic heterocycles. The lowest BCUT2D eigenvalue weighted by atomic mass is 10.1. The van der Waals surface area contributed by atoms with Crippen molar-refractivity contribution in [3.8, 4) is 5.88 Å². The molecule has 1 aliphatic carbocycles. The molecule has 1 fully saturated rings. The molecule has 1 aliphatic rings. The Kier molecular flexibility index (Phi) is 4.85. The Balaban J connectivity index is 1.36. The minimum absolute atomic E-state index is 0.710. The van der Waals surface area contributed by atoms with Gasteiger partial charge in [-0.1, -0.05) is 36.4 Å². The molecule has 21 heavy (non-hydrogen) atoms. The third-order valence-corrected chi connectivity index (χ3v) is 3.67.